The largest absolute Gasteiger partial charge is 0.491 e. The molecule has 0 saturated heterocycles. The van der Waals surface area contributed by atoms with Crippen LogP contribution in [-0.4, -0.2) is 46.2 Å². The van der Waals surface area contributed by atoms with Crippen molar-refractivity contribution in [3.8, 4) is 5.75 Å². The number of benzene rings is 1. The molecule has 0 bridgehead atoms. The predicted molar refractivity (Wildman–Crippen MR) is 104 cm³/mol. The number of carbonyl (C=O) groups excluding carboxylic acids is 2. The second-order valence-electron chi connectivity index (χ2n) is 7.69. The van der Waals surface area contributed by atoms with Crippen LogP contribution in [0.3, 0.4) is 0 Å². The molecular formula is C19H27NO7S. The smallest absolute Gasteiger partial charge is 0.327 e. The second kappa shape index (κ2) is 9.27. The van der Waals surface area contributed by atoms with Gasteiger partial charge in [0.05, 0.1) is 25.8 Å². The zero-order chi connectivity index (χ0) is 20.9. The van der Waals surface area contributed by atoms with E-state index in [4.69, 9.17) is 9.47 Å². The van der Waals surface area contributed by atoms with Gasteiger partial charge in [-0.2, -0.15) is 0 Å². The minimum Gasteiger partial charge on any atom is -0.491 e. The van der Waals surface area contributed by atoms with Gasteiger partial charge < -0.3 is 14.2 Å². The molecule has 0 spiro atoms. The van der Waals surface area contributed by atoms with E-state index in [1.165, 1.54) is 13.2 Å². The van der Waals surface area contributed by atoms with Crippen LogP contribution in [0.4, 0.5) is 5.69 Å². The van der Waals surface area contributed by atoms with Gasteiger partial charge in [0.25, 0.3) is 0 Å². The number of thiol groups is 1. The van der Waals surface area contributed by atoms with Gasteiger partial charge in [-0.3, -0.25) is 13.9 Å². The van der Waals surface area contributed by atoms with Gasteiger partial charge in [0, 0.05) is 0 Å². The van der Waals surface area contributed by atoms with Gasteiger partial charge in [-0.1, -0.05) is 6.07 Å². The summed E-state index contributed by atoms with van der Waals surface area (Å²) in [6.45, 7) is 5.09. The topological polar surface area (TPSA) is 99.2 Å². The molecule has 156 valence electrons. The van der Waals surface area contributed by atoms with Crippen LogP contribution in [0.15, 0.2) is 18.2 Å². The Labute approximate surface area is 166 Å². The molecule has 1 aromatic carbocycles. The molecule has 0 unspecified atom stereocenters. The van der Waals surface area contributed by atoms with Crippen LogP contribution in [0, 0.1) is 5.92 Å². The zero-order valence-corrected chi connectivity index (χ0v) is 17.5. The lowest BCUT2D eigenvalue weighted by Gasteiger charge is -2.24. The van der Waals surface area contributed by atoms with Crippen molar-refractivity contribution in [2.24, 2.45) is 5.92 Å². The highest BCUT2D eigenvalue weighted by atomic mass is 32.2. The number of ether oxygens (including phenoxy) is 3. The third kappa shape index (κ3) is 7.03. The Morgan fingerprint density at radius 3 is 2.39 bits per heavy atom. The summed E-state index contributed by atoms with van der Waals surface area (Å²) in [7, 11) is -1.86. The Kier molecular flexibility index (Phi) is 7.29. The molecule has 1 aliphatic rings. The highest BCUT2D eigenvalue weighted by Crippen LogP contribution is 2.34. The van der Waals surface area contributed by atoms with Gasteiger partial charge in [-0.15, -0.1) is 0 Å². The maximum atomic E-state index is 12.2. The number of esters is 2. The summed E-state index contributed by atoms with van der Waals surface area (Å²) in [6, 6.07) is 4.80. The third-order valence-electron chi connectivity index (χ3n) is 3.95. The molecule has 9 heteroatoms. The van der Waals surface area contributed by atoms with Crippen molar-refractivity contribution < 1.29 is 32.2 Å². The summed E-state index contributed by atoms with van der Waals surface area (Å²) in [5.41, 5.74) is 0.00524. The van der Waals surface area contributed by atoms with Crippen LogP contribution in [0.25, 0.3) is 0 Å². The molecule has 28 heavy (non-hydrogen) atoms. The molecule has 0 aliphatic heterocycles. The van der Waals surface area contributed by atoms with E-state index in [0.29, 0.717) is 23.8 Å². The van der Waals surface area contributed by atoms with Gasteiger partial charge in [-0.05, 0) is 57.2 Å². The fraction of sp³-hybridized carbons (Fsp3) is 0.579. The molecule has 1 aliphatic carbocycles. The number of hydrogen-bond donors (Lipinski definition) is 1. The van der Waals surface area contributed by atoms with Crippen LogP contribution in [0.1, 0.15) is 39.2 Å². The Hall–Kier alpha value is -2.29. The number of carbonyl (C=O) groups is 2. The molecule has 2 rings (SSSR count). The highest BCUT2D eigenvalue weighted by molar-refractivity contribution is 7.74. The van der Waals surface area contributed by atoms with Crippen molar-refractivity contribution in [3.63, 3.8) is 0 Å². The first-order chi connectivity index (χ1) is 13.1. The van der Waals surface area contributed by atoms with Crippen molar-refractivity contribution in [3.05, 3.63) is 23.8 Å². The molecule has 0 aromatic heterocycles. The maximum Gasteiger partial charge on any atom is 0.327 e. The highest BCUT2D eigenvalue weighted by Gasteiger charge is 2.26. The molecule has 1 fully saturated rings. The SMILES string of the molecule is COC(=O)Cc1ccc(OCC2CC2)c(N(CC(=O)OC(C)(C)C)[SH](=O)=O)c1. The molecule has 0 amide bonds. The Morgan fingerprint density at radius 2 is 1.86 bits per heavy atom. The third-order valence-corrected chi connectivity index (χ3v) is 4.70. The number of rotatable bonds is 9. The minimum atomic E-state index is -3.14. The van der Waals surface area contributed by atoms with Gasteiger partial charge in [0.15, 0.2) is 0 Å². The predicted octanol–water partition coefficient (Wildman–Crippen LogP) is 1.87. The second-order valence-corrected chi connectivity index (χ2v) is 8.65. The van der Waals surface area contributed by atoms with E-state index >= 15 is 0 Å². The van der Waals surface area contributed by atoms with Crippen molar-refractivity contribution in [2.75, 3.05) is 24.6 Å². The van der Waals surface area contributed by atoms with Crippen molar-refractivity contribution in [1.82, 2.24) is 0 Å². The van der Waals surface area contributed by atoms with E-state index in [2.05, 4.69) is 4.74 Å². The lowest BCUT2D eigenvalue weighted by atomic mass is 10.1. The van der Waals surface area contributed by atoms with Crippen molar-refractivity contribution in [2.45, 2.75) is 45.6 Å². The summed E-state index contributed by atoms with van der Waals surface area (Å²) < 4.78 is 40.4. The molecule has 8 nitrogen and oxygen atoms in total. The van der Waals surface area contributed by atoms with Crippen LogP contribution in [-0.2, 0) is 36.4 Å². The van der Waals surface area contributed by atoms with E-state index in [1.807, 2.05) is 0 Å². The zero-order valence-electron chi connectivity index (χ0n) is 16.6. The minimum absolute atomic E-state index is 0.0255. The van der Waals surface area contributed by atoms with E-state index in [0.717, 1.165) is 17.1 Å². The van der Waals surface area contributed by atoms with Gasteiger partial charge in [0.1, 0.15) is 17.9 Å². The molecule has 1 aromatic rings. The van der Waals surface area contributed by atoms with E-state index in [-0.39, 0.29) is 12.1 Å². The van der Waals surface area contributed by atoms with Crippen LogP contribution in [0.2, 0.25) is 0 Å². The normalized spacial score (nSPS) is 13.9. The molecule has 0 atom stereocenters. The summed E-state index contributed by atoms with van der Waals surface area (Å²) in [6.07, 6.45) is 2.13. The number of methoxy groups -OCH3 is 1. The Morgan fingerprint density at radius 1 is 1.18 bits per heavy atom. The lowest BCUT2D eigenvalue weighted by Crippen LogP contribution is -2.34. The molecule has 1 saturated carbocycles. The van der Waals surface area contributed by atoms with Gasteiger partial charge in [-0.25, -0.2) is 8.42 Å². The number of anilines is 1. The summed E-state index contributed by atoms with van der Waals surface area (Å²) >= 11 is 0. The van der Waals surface area contributed by atoms with Crippen LogP contribution < -0.4 is 9.04 Å². The number of nitrogens with zero attached hydrogens (tertiary/aromatic N) is 1. The molecule has 0 heterocycles. The van der Waals surface area contributed by atoms with Gasteiger partial charge in [0.2, 0.25) is 10.9 Å². The standard InChI is InChI=1S/C19H27NO7S/c1-19(2,3)27-18(22)11-20(28(23)24)15-9-14(10-17(21)25-4)7-8-16(15)26-12-13-5-6-13/h7-9,13,28H,5-6,10-12H2,1-4H3. The summed E-state index contributed by atoms with van der Waals surface area (Å²) in [4.78, 5) is 23.8. The molecular weight excluding hydrogens is 386 g/mol. The van der Waals surface area contributed by atoms with Gasteiger partial charge >= 0.3 is 11.9 Å². The van der Waals surface area contributed by atoms with Crippen LogP contribution in [0.5, 0.6) is 5.75 Å². The Balaban J connectivity index is 2.31. The first kappa shape index (κ1) is 22.0. The Bertz CT molecular complexity index is 786. The number of hydrogen-bond acceptors (Lipinski definition) is 7. The van der Waals surface area contributed by atoms with E-state index in [9.17, 15) is 18.0 Å². The van der Waals surface area contributed by atoms with E-state index < -0.39 is 35.0 Å². The first-order valence-electron chi connectivity index (χ1n) is 9.05. The molecule has 0 radical (unpaired) electrons. The van der Waals surface area contributed by atoms with Crippen molar-refractivity contribution >= 4 is 28.5 Å². The maximum absolute atomic E-state index is 12.2. The fourth-order valence-electron chi connectivity index (χ4n) is 2.45. The fourth-order valence-corrected chi connectivity index (χ4v) is 3.02. The van der Waals surface area contributed by atoms with E-state index in [1.54, 1.807) is 32.9 Å². The molecule has 0 N–H and O–H groups in total. The quantitative estimate of drug-likeness (QED) is 0.487. The lowest BCUT2D eigenvalue weighted by molar-refractivity contribution is -0.152. The average Bonchev–Trinajstić information content (AvgIpc) is 3.41. The summed E-state index contributed by atoms with van der Waals surface area (Å²) in [5.74, 6) is -0.341. The first-order valence-corrected chi connectivity index (χ1v) is 10.2. The van der Waals surface area contributed by atoms with Crippen molar-refractivity contribution in [1.29, 1.82) is 0 Å². The monoisotopic (exact) mass is 413 g/mol. The summed E-state index contributed by atoms with van der Waals surface area (Å²) in [5, 5.41) is 0. The average molecular weight is 413 g/mol. The van der Waals surface area contributed by atoms with Crippen LogP contribution >= 0.6 is 0 Å².